The van der Waals surface area contributed by atoms with E-state index in [0.717, 1.165) is 16.0 Å². The van der Waals surface area contributed by atoms with Gasteiger partial charge < -0.3 is 0 Å². The van der Waals surface area contributed by atoms with Gasteiger partial charge in [0.25, 0.3) is 21.9 Å². The second-order valence-electron chi connectivity index (χ2n) is 7.25. The fraction of sp³-hybridized carbons (Fsp3) is 0.130. The SMILES string of the molecule is Cc1ccc(S(=O)(=O)O)c(CCc2cccc(N3C(=O)c4ccccc4C3=O)c2)c1. The Morgan fingerprint density at radius 3 is 2.13 bits per heavy atom. The van der Waals surface area contributed by atoms with Gasteiger partial charge in [-0.15, -0.1) is 0 Å². The summed E-state index contributed by atoms with van der Waals surface area (Å²) < 4.78 is 32.8. The van der Waals surface area contributed by atoms with Crippen molar-refractivity contribution in [1.29, 1.82) is 0 Å². The van der Waals surface area contributed by atoms with Crippen molar-refractivity contribution >= 4 is 27.6 Å². The molecule has 0 fully saturated rings. The van der Waals surface area contributed by atoms with Crippen molar-refractivity contribution in [3.05, 3.63) is 94.5 Å². The van der Waals surface area contributed by atoms with Crippen molar-refractivity contribution in [2.24, 2.45) is 0 Å². The van der Waals surface area contributed by atoms with Crippen LogP contribution in [0.4, 0.5) is 5.69 Å². The lowest BCUT2D eigenvalue weighted by Crippen LogP contribution is -2.29. The van der Waals surface area contributed by atoms with Crippen LogP contribution in [0, 0.1) is 6.92 Å². The van der Waals surface area contributed by atoms with E-state index in [0.29, 0.717) is 35.2 Å². The molecule has 2 amide bonds. The minimum absolute atomic E-state index is 0.107. The summed E-state index contributed by atoms with van der Waals surface area (Å²) in [5, 5.41) is 0. The van der Waals surface area contributed by atoms with Gasteiger partial charge in [0.2, 0.25) is 0 Å². The summed E-state index contributed by atoms with van der Waals surface area (Å²) in [6.07, 6.45) is 0.853. The van der Waals surface area contributed by atoms with Gasteiger partial charge in [0.1, 0.15) is 0 Å². The maximum Gasteiger partial charge on any atom is 0.294 e. The molecule has 0 atom stereocenters. The molecule has 0 radical (unpaired) electrons. The van der Waals surface area contributed by atoms with Crippen molar-refractivity contribution in [2.75, 3.05) is 4.90 Å². The molecule has 0 saturated carbocycles. The number of fused-ring (bicyclic) bond motifs is 1. The van der Waals surface area contributed by atoms with E-state index in [1.807, 2.05) is 13.0 Å². The summed E-state index contributed by atoms with van der Waals surface area (Å²) in [5.41, 5.74) is 3.47. The Labute approximate surface area is 174 Å². The standard InChI is InChI=1S/C23H19NO5S/c1-15-9-12-21(30(27,28)29)17(13-15)11-10-16-5-4-6-18(14-16)24-22(25)19-7-2-3-8-20(19)23(24)26/h2-9,12-14H,10-11H2,1H3,(H,27,28,29). The second kappa shape index (κ2) is 7.51. The van der Waals surface area contributed by atoms with E-state index in [1.165, 1.54) is 6.07 Å². The fourth-order valence-electron chi connectivity index (χ4n) is 3.71. The molecule has 30 heavy (non-hydrogen) atoms. The summed E-state index contributed by atoms with van der Waals surface area (Å²) in [7, 11) is -4.32. The number of rotatable bonds is 5. The van der Waals surface area contributed by atoms with Crippen LogP contribution < -0.4 is 4.90 Å². The molecule has 1 N–H and O–H groups in total. The second-order valence-corrected chi connectivity index (χ2v) is 8.64. The number of anilines is 1. The van der Waals surface area contributed by atoms with Crippen LogP contribution in [-0.4, -0.2) is 24.8 Å². The Morgan fingerprint density at radius 2 is 1.50 bits per heavy atom. The highest BCUT2D eigenvalue weighted by Crippen LogP contribution is 2.29. The number of carbonyl (C=O) groups excluding carboxylic acids is 2. The average molecular weight is 421 g/mol. The van der Waals surface area contributed by atoms with Gasteiger partial charge in [0, 0.05) is 0 Å². The topological polar surface area (TPSA) is 91.8 Å². The summed E-state index contributed by atoms with van der Waals surface area (Å²) in [6.45, 7) is 1.85. The summed E-state index contributed by atoms with van der Waals surface area (Å²) in [5.74, 6) is -0.722. The number of imide groups is 1. The van der Waals surface area contributed by atoms with Gasteiger partial charge in [0.05, 0.1) is 21.7 Å². The van der Waals surface area contributed by atoms with Crippen LogP contribution in [0.25, 0.3) is 0 Å². The van der Waals surface area contributed by atoms with Crippen LogP contribution in [-0.2, 0) is 23.0 Å². The molecular weight excluding hydrogens is 402 g/mol. The minimum Gasteiger partial charge on any atom is -0.282 e. The zero-order valence-electron chi connectivity index (χ0n) is 16.2. The van der Waals surface area contributed by atoms with Gasteiger partial charge >= 0.3 is 0 Å². The molecule has 3 aromatic rings. The summed E-state index contributed by atoms with van der Waals surface area (Å²) >= 11 is 0. The monoisotopic (exact) mass is 421 g/mol. The lowest BCUT2D eigenvalue weighted by molar-refractivity contribution is 0.0926. The third-order valence-corrected chi connectivity index (χ3v) is 6.09. The van der Waals surface area contributed by atoms with Crippen LogP contribution in [0.2, 0.25) is 0 Å². The third-order valence-electron chi connectivity index (χ3n) is 5.14. The first-order valence-electron chi connectivity index (χ1n) is 9.39. The van der Waals surface area contributed by atoms with E-state index in [4.69, 9.17) is 0 Å². The fourth-order valence-corrected chi connectivity index (χ4v) is 4.44. The molecule has 7 heteroatoms. The van der Waals surface area contributed by atoms with Gasteiger partial charge in [0.15, 0.2) is 0 Å². The molecule has 3 aromatic carbocycles. The Morgan fingerprint density at radius 1 is 0.833 bits per heavy atom. The van der Waals surface area contributed by atoms with Crippen molar-refractivity contribution < 1.29 is 22.6 Å². The van der Waals surface area contributed by atoms with Crippen molar-refractivity contribution in [1.82, 2.24) is 0 Å². The number of hydrogen-bond acceptors (Lipinski definition) is 4. The number of amides is 2. The number of hydrogen-bond donors (Lipinski definition) is 1. The van der Waals surface area contributed by atoms with Crippen molar-refractivity contribution in [3.63, 3.8) is 0 Å². The molecule has 152 valence electrons. The van der Waals surface area contributed by atoms with E-state index in [1.54, 1.807) is 54.6 Å². The van der Waals surface area contributed by atoms with Crippen molar-refractivity contribution in [2.45, 2.75) is 24.7 Å². The van der Waals surface area contributed by atoms with E-state index in [9.17, 15) is 22.6 Å². The normalized spacial score (nSPS) is 13.6. The molecule has 1 aliphatic rings. The number of carbonyl (C=O) groups is 2. The molecule has 1 aliphatic heterocycles. The Kier molecular flexibility index (Phi) is 5.01. The van der Waals surface area contributed by atoms with Crippen LogP contribution in [0.3, 0.4) is 0 Å². The predicted molar refractivity (Wildman–Crippen MR) is 112 cm³/mol. The predicted octanol–water partition coefficient (Wildman–Crippen LogP) is 3.83. The third kappa shape index (κ3) is 3.65. The van der Waals surface area contributed by atoms with E-state index in [-0.39, 0.29) is 16.7 Å². The molecule has 0 spiro atoms. The zero-order chi connectivity index (χ0) is 21.5. The molecule has 0 saturated heterocycles. The average Bonchev–Trinajstić information content (AvgIpc) is 2.96. The van der Waals surface area contributed by atoms with Crippen LogP contribution in [0.1, 0.15) is 37.4 Å². The number of benzene rings is 3. The van der Waals surface area contributed by atoms with Crippen LogP contribution in [0.5, 0.6) is 0 Å². The first-order chi connectivity index (χ1) is 14.3. The lowest BCUT2D eigenvalue weighted by atomic mass is 10.0. The van der Waals surface area contributed by atoms with E-state index >= 15 is 0 Å². The Bertz CT molecular complexity index is 1250. The smallest absolute Gasteiger partial charge is 0.282 e. The first kappa shape index (κ1) is 20.0. The van der Waals surface area contributed by atoms with Gasteiger partial charge in [-0.2, -0.15) is 8.42 Å². The quantitative estimate of drug-likeness (QED) is 0.499. The van der Waals surface area contributed by atoms with Crippen molar-refractivity contribution in [3.8, 4) is 0 Å². The maximum atomic E-state index is 12.7. The number of nitrogens with zero attached hydrogens (tertiary/aromatic N) is 1. The molecule has 0 aromatic heterocycles. The molecule has 0 unspecified atom stereocenters. The Hall–Kier alpha value is -3.29. The highest BCUT2D eigenvalue weighted by Gasteiger charge is 2.36. The lowest BCUT2D eigenvalue weighted by Gasteiger charge is -2.15. The first-order valence-corrected chi connectivity index (χ1v) is 10.8. The van der Waals surface area contributed by atoms with Crippen LogP contribution in [0.15, 0.2) is 71.6 Å². The molecular formula is C23H19NO5S. The molecule has 4 rings (SSSR count). The molecule has 0 aliphatic carbocycles. The van der Waals surface area contributed by atoms with Gasteiger partial charge in [-0.3, -0.25) is 14.1 Å². The molecule has 0 bridgehead atoms. The number of aryl methyl sites for hydroxylation is 3. The van der Waals surface area contributed by atoms with E-state index in [2.05, 4.69) is 0 Å². The van der Waals surface area contributed by atoms with Gasteiger partial charge in [-0.1, -0.05) is 42.0 Å². The van der Waals surface area contributed by atoms with Gasteiger partial charge in [-0.25, -0.2) is 4.90 Å². The highest BCUT2D eigenvalue weighted by molar-refractivity contribution is 7.85. The minimum atomic E-state index is -4.32. The van der Waals surface area contributed by atoms with E-state index < -0.39 is 10.1 Å². The molecule has 1 heterocycles. The Balaban J connectivity index is 1.60. The zero-order valence-corrected chi connectivity index (χ0v) is 17.0. The highest BCUT2D eigenvalue weighted by atomic mass is 32.2. The largest absolute Gasteiger partial charge is 0.294 e. The van der Waals surface area contributed by atoms with Gasteiger partial charge in [-0.05, 0) is 61.2 Å². The summed E-state index contributed by atoms with van der Waals surface area (Å²) in [6, 6.07) is 18.5. The summed E-state index contributed by atoms with van der Waals surface area (Å²) in [4.78, 5) is 26.5. The molecule has 6 nitrogen and oxygen atoms in total. The maximum absolute atomic E-state index is 12.7. The van der Waals surface area contributed by atoms with Crippen LogP contribution >= 0.6 is 0 Å².